The Morgan fingerprint density at radius 2 is 2.08 bits per heavy atom. The van der Waals surface area contributed by atoms with Crippen molar-refractivity contribution >= 4 is 11.9 Å². The number of nitrogens with zero attached hydrogens (tertiary/aromatic N) is 4. The first-order valence-corrected chi connectivity index (χ1v) is 8.90. The Hall–Kier alpha value is -2.02. The molecule has 7 heteroatoms. The van der Waals surface area contributed by atoms with Crippen molar-refractivity contribution in [3.05, 3.63) is 24.2 Å². The Kier molecular flexibility index (Phi) is 5.03. The average Bonchev–Trinajstić information content (AvgIpc) is 3.13. The molecule has 0 aliphatic carbocycles. The van der Waals surface area contributed by atoms with E-state index in [2.05, 4.69) is 4.90 Å². The molecule has 1 spiro atoms. The summed E-state index contributed by atoms with van der Waals surface area (Å²) in [5, 5.41) is 0. The maximum absolute atomic E-state index is 12.6. The second-order valence-corrected chi connectivity index (χ2v) is 7.53. The van der Waals surface area contributed by atoms with Crippen LogP contribution >= 0.6 is 0 Å². The summed E-state index contributed by atoms with van der Waals surface area (Å²) in [6.45, 7) is 7.17. The standard InChI is InChI=1S/C18H28N4O3/c1-4-21-13-18(9-16(21)23)12-20(10-15-5-8-25-11-15)6-7-22(14-18)17(24)19(2)3/h5,8,11H,4,6-7,9-10,12-14H2,1-3H3/t18-/m0/s1. The summed E-state index contributed by atoms with van der Waals surface area (Å²) in [6, 6.07) is 1.99. The second-order valence-electron chi connectivity index (χ2n) is 7.53. The van der Waals surface area contributed by atoms with Crippen molar-refractivity contribution in [1.82, 2.24) is 19.6 Å². The first-order valence-electron chi connectivity index (χ1n) is 8.90. The van der Waals surface area contributed by atoms with Crippen LogP contribution in [0, 0.1) is 5.41 Å². The SMILES string of the molecule is CCN1C[C@]2(CC1=O)CN(Cc1ccoc1)CCN(C(=O)N(C)C)C2. The van der Waals surface area contributed by atoms with Gasteiger partial charge in [-0.25, -0.2) is 4.79 Å². The zero-order chi connectivity index (χ0) is 18.0. The van der Waals surface area contributed by atoms with E-state index in [4.69, 9.17) is 4.42 Å². The third kappa shape index (κ3) is 3.81. The van der Waals surface area contributed by atoms with E-state index in [1.54, 1.807) is 31.5 Å². The molecule has 2 fully saturated rings. The van der Waals surface area contributed by atoms with Gasteiger partial charge < -0.3 is 19.1 Å². The Morgan fingerprint density at radius 1 is 1.28 bits per heavy atom. The van der Waals surface area contributed by atoms with Gasteiger partial charge in [-0.1, -0.05) is 0 Å². The molecule has 3 amide bonds. The zero-order valence-electron chi connectivity index (χ0n) is 15.4. The van der Waals surface area contributed by atoms with E-state index in [9.17, 15) is 9.59 Å². The van der Waals surface area contributed by atoms with E-state index < -0.39 is 0 Å². The number of amides is 3. The molecule has 1 atom stereocenters. The van der Waals surface area contributed by atoms with Gasteiger partial charge in [-0.2, -0.15) is 0 Å². The lowest BCUT2D eigenvalue weighted by Crippen LogP contribution is -2.47. The van der Waals surface area contributed by atoms with Crippen LogP contribution in [-0.2, 0) is 11.3 Å². The molecule has 7 nitrogen and oxygen atoms in total. The molecule has 3 rings (SSSR count). The summed E-state index contributed by atoms with van der Waals surface area (Å²) >= 11 is 0. The summed E-state index contributed by atoms with van der Waals surface area (Å²) in [5.74, 6) is 0.199. The van der Waals surface area contributed by atoms with Crippen molar-refractivity contribution in [3.63, 3.8) is 0 Å². The number of carbonyl (C=O) groups excluding carboxylic acids is 2. The molecule has 1 aromatic heterocycles. The molecule has 0 radical (unpaired) electrons. The lowest BCUT2D eigenvalue weighted by molar-refractivity contribution is -0.127. The lowest BCUT2D eigenvalue weighted by Gasteiger charge is -2.34. The van der Waals surface area contributed by atoms with Crippen LogP contribution < -0.4 is 0 Å². The van der Waals surface area contributed by atoms with Crippen LogP contribution in [0.2, 0.25) is 0 Å². The smallest absolute Gasteiger partial charge is 0.319 e. The van der Waals surface area contributed by atoms with Crippen molar-refractivity contribution in [2.45, 2.75) is 19.9 Å². The highest BCUT2D eigenvalue weighted by Gasteiger charge is 2.46. The van der Waals surface area contributed by atoms with Gasteiger partial charge in [0.05, 0.1) is 12.5 Å². The largest absolute Gasteiger partial charge is 0.472 e. The number of carbonyl (C=O) groups is 2. The third-order valence-corrected chi connectivity index (χ3v) is 5.20. The highest BCUT2D eigenvalue weighted by atomic mass is 16.3. The average molecular weight is 348 g/mol. The summed E-state index contributed by atoms with van der Waals surface area (Å²) in [7, 11) is 3.56. The number of hydrogen-bond acceptors (Lipinski definition) is 4. The highest BCUT2D eigenvalue weighted by Crippen LogP contribution is 2.35. The van der Waals surface area contributed by atoms with Gasteiger partial charge in [-0.3, -0.25) is 9.69 Å². The predicted molar refractivity (Wildman–Crippen MR) is 93.9 cm³/mol. The van der Waals surface area contributed by atoms with Crippen LogP contribution in [0.1, 0.15) is 18.9 Å². The molecule has 25 heavy (non-hydrogen) atoms. The summed E-state index contributed by atoms with van der Waals surface area (Å²) in [6.07, 6.45) is 3.96. The molecule has 0 aromatic carbocycles. The number of hydrogen-bond donors (Lipinski definition) is 0. The summed E-state index contributed by atoms with van der Waals surface area (Å²) in [5.41, 5.74) is 0.929. The van der Waals surface area contributed by atoms with E-state index in [0.717, 1.165) is 38.3 Å². The van der Waals surface area contributed by atoms with Crippen LogP contribution in [0.4, 0.5) is 4.79 Å². The molecular formula is C18H28N4O3. The molecule has 0 unspecified atom stereocenters. The Morgan fingerprint density at radius 3 is 2.68 bits per heavy atom. The maximum Gasteiger partial charge on any atom is 0.319 e. The van der Waals surface area contributed by atoms with Crippen molar-refractivity contribution in [2.75, 3.05) is 53.4 Å². The van der Waals surface area contributed by atoms with E-state index in [1.807, 2.05) is 22.8 Å². The van der Waals surface area contributed by atoms with Gasteiger partial charge in [-0.05, 0) is 13.0 Å². The Bertz CT molecular complexity index is 616. The van der Waals surface area contributed by atoms with Gasteiger partial charge in [-0.15, -0.1) is 0 Å². The highest BCUT2D eigenvalue weighted by molar-refractivity contribution is 5.80. The van der Waals surface area contributed by atoms with Gasteiger partial charge >= 0.3 is 6.03 Å². The molecule has 2 aliphatic rings. The quantitative estimate of drug-likeness (QED) is 0.827. The van der Waals surface area contributed by atoms with Gasteiger partial charge in [0.2, 0.25) is 5.91 Å². The zero-order valence-corrected chi connectivity index (χ0v) is 15.4. The fraction of sp³-hybridized carbons (Fsp3) is 0.667. The molecule has 3 heterocycles. The topological polar surface area (TPSA) is 60.2 Å². The van der Waals surface area contributed by atoms with Crippen LogP contribution in [0.5, 0.6) is 0 Å². The third-order valence-electron chi connectivity index (χ3n) is 5.20. The predicted octanol–water partition coefficient (Wildman–Crippen LogP) is 1.32. The second kappa shape index (κ2) is 7.07. The van der Waals surface area contributed by atoms with Crippen LogP contribution in [-0.4, -0.2) is 84.9 Å². The van der Waals surface area contributed by atoms with Gasteiger partial charge in [0.15, 0.2) is 0 Å². The first-order chi connectivity index (χ1) is 11.9. The van der Waals surface area contributed by atoms with E-state index in [0.29, 0.717) is 19.5 Å². The number of rotatable bonds is 3. The molecule has 2 aliphatic heterocycles. The van der Waals surface area contributed by atoms with Crippen molar-refractivity contribution in [3.8, 4) is 0 Å². The maximum atomic E-state index is 12.6. The van der Waals surface area contributed by atoms with Crippen LogP contribution in [0.15, 0.2) is 23.0 Å². The van der Waals surface area contributed by atoms with E-state index >= 15 is 0 Å². The molecule has 0 bridgehead atoms. The minimum absolute atomic E-state index is 0.0203. The van der Waals surface area contributed by atoms with Crippen LogP contribution in [0.3, 0.4) is 0 Å². The molecule has 0 N–H and O–H groups in total. The Balaban J connectivity index is 1.82. The van der Waals surface area contributed by atoms with Crippen molar-refractivity contribution < 1.29 is 14.0 Å². The van der Waals surface area contributed by atoms with Crippen LogP contribution in [0.25, 0.3) is 0 Å². The first kappa shape index (κ1) is 17.8. The Labute approximate surface area is 149 Å². The molecule has 1 aromatic rings. The van der Waals surface area contributed by atoms with Gasteiger partial charge in [0.25, 0.3) is 0 Å². The molecule has 2 saturated heterocycles. The van der Waals surface area contributed by atoms with Gasteiger partial charge in [0.1, 0.15) is 0 Å². The normalized spacial score (nSPS) is 24.8. The number of furan rings is 1. The minimum atomic E-state index is -0.195. The fourth-order valence-corrected chi connectivity index (χ4v) is 4.05. The van der Waals surface area contributed by atoms with Crippen molar-refractivity contribution in [2.24, 2.45) is 5.41 Å². The monoisotopic (exact) mass is 348 g/mol. The number of urea groups is 1. The van der Waals surface area contributed by atoms with Crippen molar-refractivity contribution in [1.29, 1.82) is 0 Å². The fourth-order valence-electron chi connectivity index (χ4n) is 4.05. The molecule has 0 saturated carbocycles. The number of likely N-dealkylation sites (tertiary alicyclic amines) is 1. The summed E-state index contributed by atoms with van der Waals surface area (Å²) in [4.78, 5) is 32.8. The summed E-state index contributed by atoms with van der Waals surface area (Å²) < 4.78 is 5.19. The minimum Gasteiger partial charge on any atom is -0.472 e. The molecular weight excluding hydrogens is 320 g/mol. The lowest BCUT2D eigenvalue weighted by atomic mass is 9.86. The molecule has 138 valence electrons. The van der Waals surface area contributed by atoms with E-state index in [1.165, 1.54) is 0 Å². The van der Waals surface area contributed by atoms with Gasteiger partial charge in [0, 0.05) is 77.3 Å². The van der Waals surface area contributed by atoms with E-state index in [-0.39, 0.29) is 17.4 Å².